The van der Waals surface area contributed by atoms with Crippen molar-refractivity contribution in [2.24, 2.45) is 5.73 Å². The van der Waals surface area contributed by atoms with Gasteiger partial charge < -0.3 is 14.7 Å². The second-order valence-corrected chi connectivity index (χ2v) is 4.26. The fraction of sp³-hybridized carbons (Fsp3) is 0.143. The number of furan rings is 1. The van der Waals surface area contributed by atoms with Crippen LogP contribution in [0.5, 0.6) is 0 Å². The lowest BCUT2D eigenvalue weighted by molar-refractivity contribution is 0.412. The van der Waals surface area contributed by atoms with Crippen LogP contribution in [-0.4, -0.2) is 10.1 Å². The third-order valence-corrected chi connectivity index (χ3v) is 2.81. The van der Waals surface area contributed by atoms with E-state index >= 15 is 0 Å². The molecule has 3 aromatic rings. The summed E-state index contributed by atoms with van der Waals surface area (Å²) in [6.07, 6.45) is 0. The Morgan fingerprint density at radius 3 is 2.58 bits per heavy atom. The maximum atomic E-state index is 5.49. The van der Waals surface area contributed by atoms with Crippen LogP contribution in [-0.2, 0) is 6.54 Å². The highest BCUT2D eigenvalue weighted by Crippen LogP contribution is 2.23. The minimum Gasteiger partial charge on any atom is -0.455 e. The highest BCUT2D eigenvalue weighted by Gasteiger charge is 2.13. The zero-order valence-corrected chi connectivity index (χ0v) is 10.5. The quantitative estimate of drug-likeness (QED) is 0.778. The van der Waals surface area contributed by atoms with Crippen molar-refractivity contribution < 1.29 is 8.94 Å². The third-order valence-electron chi connectivity index (χ3n) is 2.81. The highest BCUT2D eigenvalue weighted by atomic mass is 16.5. The maximum absolute atomic E-state index is 5.49. The summed E-state index contributed by atoms with van der Waals surface area (Å²) in [5.41, 5.74) is 7.59. The average Bonchev–Trinajstić information content (AvgIpc) is 3.08. The minimum atomic E-state index is 0.346. The van der Waals surface area contributed by atoms with Gasteiger partial charge in [-0.1, -0.05) is 35.0 Å². The molecule has 0 bridgehead atoms. The molecule has 5 nitrogen and oxygen atoms in total. The van der Waals surface area contributed by atoms with E-state index in [4.69, 9.17) is 14.7 Å². The molecule has 2 N–H and O–H groups in total. The van der Waals surface area contributed by atoms with Crippen molar-refractivity contribution in [3.8, 4) is 23.0 Å². The van der Waals surface area contributed by atoms with Crippen LogP contribution in [0.25, 0.3) is 23.0 Å². The van der Waals surface area contributed by atoms with E-state index in [1.165, 1.54) is 5.56 Å². The molecule has 0 radical (unpaired) electrons. The summed E-state index contributed by atoms with van der Waals surface area (Å²) in [4.78, 5) is 4.32. The minimum absolute atomic E-state index is 0.346. The molecule has 0 aliphatic heterocycles. The SMILES string of the molecule is Cc1ccc(-c2noc(-c3ccc(CN)o3)n2)cc1. The van der Waals surface area contributed by atoms with Gasteiger partial charge in [-0.25, -0.2) is 0 Å². The number of nitrogens with zero attached hydrogens (tertiary/aromatic N) is 2. The summed E-state index contributed by atoms with van der Waals surface area (Å²) >= 11 is 0. The zero-order chi connectivity index (χ0) is 13.2. The Balaban J connectivity index is 1.92. The Kier molecular flexibility index (Phi) is 2.89. The van der Waals surface area contributed by atoms with Crippen LogP contribution in [0.1, 0.15) is 11.3 Å². The normalized spacial score (nSPS) is 10.8. The van der Waals surface area contributed by atoms with E-state index in [2.05, 4.69) is 10.1 Å². The van der Waals surface area contributed by atoms with Gasteiger partial charge in [-0.05, 0) is 19.1 Å². The summed E-state index contributed by atoms with van der Waals surface area (Å²) < 4.78 is 10.7. The molecular formula is C14H13N3O2. The van der Waals surface area contributed by atoms with E-state index in [0.29, 0.717) is 29.8 Å². The molecule has 0 spiro atoms. The van der Waals surface area contributed by atoms with Gasteiger partial charge in [0.05, 0.1) is 6.54 Å². The lowest BCUT2D eigenvalue weighted by Crippen LogP contribution is -1.92. The number of nitrogens with two attached hydrogens (primary N) is 1. The first-order valence-corrected chi connectivity index (χ1v) is 5.96. The number of aryl methyl sites for hydroxylation is 1. The Morgan fingerprint density at radius 2 is 1.89 bits per heavy atom. The number of benzene rings is 1. The molecule has 2 aromatic heterocycles. The van der Waals surface area contributed by atoms with Gasteiger partial charge in [-0.3, -0.25) is 0 Å². The van der Waals surface area contributed by atoms with Crippen LogP contribution in [0, 0.1) is 6.92 Å². The summed E-state index contributed by atoms with van der Waals surface area (Å²) in [6, 6.07) is 11.5. The fourth-order valence-corrected chi connectivity index (χ4v) is 1.75. The van der Waals surface area contributed by atoms with Gasteiger partial charge in [0.15, 0.2) is 5.76 Å². The molecule has 0 saturated heterocycles. The zero-order valence-electron chi connectivity index (χ0n) is 10.5. The first kappa shape index (κ1) is 11.7. The Labute approximate surface area is 110 Å². The molecule has 19 heavy (non-hydrogen) atoms. The van der Waals surface area contributed by atoms with Crippen LogP contribution in [0.4, 0.5) is 0 Å². The smallest absolute Gasteiger partial charge is 0.293 e. The van der Waals surface area contributed by atoms with Gasteiger partial charge in [0.25, 0.3) is 5.89 Å². The van der Waals surface area contributed by atoms with Crippen molar-refractivity contribution in [1.82, 2.24) is 10.1 Å². The molecule has 0 fully saturated rings. The van der Waals surface area contributed by atoms with Gasteiger partial charge in [0.1, 0.15) is 5.76 Å². The van der Waals surface area contributed by atoms with E-state index in [-0.39, 0.29) is 0 Å². The Morgan fingerprint density at radius 1 is 1.11 bits per heavy atom. The van der Waals surface area contributed by atoms with Crippen molar-refractivity contribution in [3.63, 3.8) is 0 Å². The molecule has 0 aliphatic rings. The Hall–Kier alpha value is -2.40. The molecule has 3 rings (SSSR count). The summed E-state index contributed by atoms with van der Waals surface area (Å²) in [5, 5.41) is 3.95. The topological polar surface area (TPSA) is 78.1 Å². The number of hydrogen-bond acceptors (Lipinski definition) is 5. The first-order chi connectivity index (χ1) is 9.26. The molecule has 5 heteroatoms. The van der Waals surface area contributed by atoms with Crippen LogP contribution >= 0.6 is 0 Å². The lowest BCUT2D eigenvalue weighted by atomic mass is 10.1. The molecule has 0 saturated carbocycles. The summed E-state index contributed by atoms with van der Waals surface area (Å²) in [6.45, 7) is 2.38. The second-order valence-electron chi connectivity index (χ2n) is 4.26. The Bertz CT molecular complexity index is 683. The van der Waals surface area contributed by atoms with Crippen molar-refractivity contribution >= 4 is 0 Å². The van der Waals surface area contributed by atoms with Crippen molar-refractivity contribution in [2.45, 2.75) is 13.5 Å². The van der Waals surface area contributed by atoms with Gasteiger partial charge >= 0.3 is 0 Å². The van der Waals surface area contributed by atoms with Crippen molar-refractivity contribution in [2.75, 3.05) is 0 Å². The molecular weight excluding hydrogens is 242 g/mol. The molecule has 2 heterocycles. The largest absolute Gasteiger partial charge is 0.455 e. The standard InChI is InChI=1S/C14H13N3O2/c1-9-2-4-10(5-3-9)13-16-14(19-17-13)12-7-6-11(8-15)18-12/h2-7H,8,15H2,1H3. The lowest BCUT2D eigenvalue weighted by Gasteiger charge is -1.94. The van der Waals surface area contributed by atoms with E-state index in [1.807, 2.05) is 31.2 Å². The van der Waals surface area contributed by atoms with Gasteiger partial charge in [0, 0.05) is 5.56 Å². The van der Waals surface area contributed by atoms with Gasteiger partial charge in [-0.15, -0.1) is 0 Å². The van der Waals surface area contributed by atoms with Gasteiger partial charge in [0.2, 0.25) is 5.82 Å². The van der Waals surface area contributed by atoms with E-state index < -0.39 is 0 Å². The van der Waals surface area contributed by atoms with Crippen LogP contribution in [0.15, 0.2) is 45.3 Å². The molecule has 96 valence electrons. The molecule has 0 aliphatic carbocycles. The molecule has 1 aromatic carbocycles. The van der Waals surface area contributed by atoms with Crippen LogP contribution in [0.2, 0.25) is 0 Å². The molecule has 0 unspecified atom stereocenters. The predicted molar refractivity (Wildman–Crippen MR) is 70.1 cm³/mol. The monoisotopic (exact) mass is 255 g/mol. The second kappa shape index (κ2) is 4.70. The summed E-state index contributed by atoms with van der Waals surface area (Å²) in [7, 11) is 0. The molecule has 0 amide bonds. The third kappa shape index (κ3) is 2.28. The number of hydrogen-bond donors (Lipinski definition) is 1. The van der Waals surface area contributed by atoms with Crippen LogP contribution < -0.4 is 5.73 Å². The van der Waals surface area contributed by atoms with Gasteiger partial charge in [-0.2, -0.15) is 4.98 Å². The number of aromatic nitrogens is 2. The first-order valence-electron chi connectivity index (χ1n) is 5.96. The maximum Gasteiger partial charge on any atom is 0.293 e. The van der Waals surface area contributed by atoms with E-state index in [9.17, 15) is 0 Å². The fourth-order valence-electron chi connectivity index (χ4n) is 1.75. The number of rotatable bonds is 3. The highest BCUT2D eigenvalue weighted by molar-refractivity contribution is 5.57. The van der Waals surface area contributed by atoms with E-state index in [0.717, 1.165) is 5.56 Å². The van der Waals surface area contributed by atoms with Crippen molar-refractivity contribution in [1.29, 1.82) is 0 Å². The molecule has 0 atom stereocenters. The van der Waals surface area contributed by atoms with E-state index in [1.54, 1.807) is 12.1 Å². The predicted octanol–water partition coefficient (Wildman–Crippen LogP) is 2.76. The van der Waals surface area contributed by atoms with Crippen molar-refractivity contribution in [3.05, 3.63) is 47.7 Å². The summed E-state index contributed by atoms with van der Waals surface area (Å²) in [5.74, 6) is 2.12. The average molecular weight is 255 g/mol. The van der Waals surface area contributed by atoms with Crippen LogP contribution in [0.3, 0.4) is 0 Å².